The van der Waals surface area contributed by atoms with Gasteiger partial charge in [0.15, 0.2) is 0 Å². The van der Waals surface area contributed by atoms with Crippen molar-refractivity contribution in [2.75, 3.05) is 0 Å². The molecule has 0 aromatic heterocycles. The van der Waals surface area contributed by atoms with E-state index >= 15 is 0 Å². The van der Waals surface area contributed by atoms with Gasteiger partial charge in [-0.3, -0.25) is 4.79 Å². The number of rotatable bonds is 3. The summed E-state index contributed by atoms with van der Waals surface area (Å²) in [6.07, 6.45) is 2.98. The largest absolute Gasteiger partial charge is 0.416 e. The zero-order valence-corrected chi connectivity index (χ0v) is 14.9. The molecule has 2 fully saturated rings. The Kier molecular flexibility index (Phi) is 5.61. The van der Waals surface area contributed by atoms with Crippen LogP contribution in [0.5, 0.6) is 0 Å². The Hall–Kier alpha value is -1.56. The van der Waals surface area contributed by atoms with Gasteiger partial charge in [-0.2, -0.15) is 13.2 Å². The lowest BCUT2D eigenvalue weighted by Gasteiger charge is -2.38. The van der Waals surface area contributed by atoms with Crippen molar-refractivity contribution in [3.8, 4) is 0 Å². The number of benzene rings is 1. The van der Waals surface area contributed by atoms with Crippen molar-refractivity contribution in [2.24, 2.45) is 5.73 Å². The Morgan fingerprint density at radius 2 is 1.73 bits per heavy atom. The molecule has 0 unspecified atom stereocenters. The smallest absolute Gasteiger partial charge is 0.353 e. The van der Waals surface area contributed by atoms with E-state index in [0.717, 1.165) is 51.0 Å². The Morgan fingerprint density at radius 3 is 2.35 bits per heavy atom. The summed E-state index contributed by atoms with van der Waals surface area (Å²) in [4.78, 5) is 13.2. The average Bonchev–Trinajstić information content (AvgIpc) is 2.63. The quantitative estimate of drug-likeness (QED) is 0.836. The predicted octanol–water partition coefficient (Wildman–Crippen LogP) is 4.29. The number of nitrogens with two attached hydrogens (primary N) is 1. The number of hydrogen-bond donors (Lipinski definition) is 2. The molecule has 0 heterocycles. The molecule has 3 rings (SSSR count). The number of alkyl halides is 3. The van der Waals surface area contributed by atoms with Crippen LogP contribution in [0.3, 0.4) is 0 Å². The molecule has 1 amide bonds. The normalized spacial score (nSPS) is 26.3. The molecule has 0 spiro atoms. The van der Waals surface area contributed by atoms with Crippen LogP contribution < -0.4 is 11.1 Å². The van der Waals surface area contributed by atoms with Crippen LogP contribution in [-0.2, 0) is 16.4 Å². The Labute approximate surface area is 152 Å². The number of carbonyl (C=O) groups is 1. The minimum absolute atomic E-state index is 0.0758. The van der Waals surface area contributed by atoms with Crippen LogP contribution in [0.15, 0.2) is 24.3 Å². The minimum Gasteiger partial charge on any atom is -0.353 e. The Balaban J connectivity index is 1.86. The number of carbonyl (C=O) groups excluding carboxylic acids is 1. The summed E-state index contributed by atoms with van der Waals surface area (Å²) < 4.78 is 39.5. The monoisotopic (exact) mass is 368 g/mol. The van der Waals surface area contributed by atoms with Crippen molar-refractivity contribution in [3.63, 3.8) is 0 Å². The summed E-state index contributed by atoms with van der Waals surface area (Å²) in [5.41, 5.74) is 4.89. The summed E-state index contributed by atoms with van der Waals surface area (Å²) >= 11 is 0. The Bertz CT molecular complexity index is 630. The van der Waals surface area contributed by atoms with Crippen LogP contribution in [0.4, 0.5) is 13.2 Å². The molecule has 6 heteroatoms. The summed E-state index contributed by atoms with van der Waals surface area (Å²) in [6, 6.07) is 5.60. The van der Waals surface area contributed by atoms with Gasteiger partial charge in [-0.25, -0.2) is 0 Å². The zero-order valence-electron chi connectivity index (χ0n) is 14.9. The number of amides is 1. The molecule has 0 saturated heterocycles. The lowest BCUT2D eigenvalue weighted by molar-refractivity contribution is -0.138. The minimum atomic E-state index is -4.40. The van der Waals surface area contributed by atoms with Crippen LogP contribution in [0.1, 0.15) is 68.9 Å². The summed E-state index contributed by atoms with van der Waals surface area (Å²) in [5, 5.41) is 3.13. The van der Waals surface area contributed by atoms with E-state index in [1.807, 2.05) is 0 Å². The highest BCUT2D eigenvalue weighted by Crippen LogP contribution is 2.42. The molecular formula is C20H27F3N2O. The van der Waals surface area contributed by atoms with Gasteiger partial charge in [-0.05, 0) is 50.2 Å². The van der Waals surface area contributed by atoms with Crippen molar-refractivity contribution in [2.45, 2.75) is 81.5 Å². The molecule has 26 heavy (non-hydrogen) atoms. The topological polar surface area (TPSA) is 55.1 Å². The average molecular weight is 368 g/mol. The van der Waals surface area contributed by atoms with E-state index < -0.39 is 17.2 Å². The van der Waals surface area contributed by atoms with Gasteiger partial charge in [0.1, 0.15) is 0 Å². The number of halogens is 3. The maximum absolute atomic E-state index is 13.2. The van der Waals surface area contributed by atoms with Gasteiger partial charge in [0.2, 0.25) is 5.91 Å². The van der Waals surface area contributed by atoms with Gasteiger partial charge >= 0.3 is 6.18 Å². The van der Waals surface area contributed by atoms with Gasteiger partial charge in [0.25, 0.3) is 0 Å². The van der Waals surface area contributed by atoms with Crippen molar-refractivity contribution >= 4 is 5.91 Å². The SMILES string of the molecule is NC1CCC(NC(=O)C2(c3cccc(C(F)(F)F)c3)CCCCC2)CC1. The standard InChI is InChI=1S/C20H27F3N2O/c21-20(22,23)15-6-4-5-14(13-15)19(11-2-1-3-12-19)18(26)25-17-9-7-16(24)8-10-17/h4-6,13,16-17H,1-3,7-12,24H2,(H,25,26). The summed E-state index contributed by atoms with van der Waals surface area (Å²) in [6.45, 7) is 0. The van der Waals surface area contributed by atoms with Gasteiger partial charge in [-0.15, -0.1) is 0 Å². The highest BCUT2D eigenvalue weighted by molar-refractivity contribution is 5.88. The first kappa shape index (κ1) is 19.2. The maximum Gasteiger partial charge on any atom is 0.416 e. The number of hydrogen-bond acceptors (Lipinski definition) is 2. The van der Waals surface area contributed by atoms with E-state index in [-0.39, 0.29) is 18.0 Å². The number of nitrogens with one attached hydrogen (secondary N) is 1. The molecule has 144 valence electrons. The third-order valence-electron chi connectivity index (χ3n) is 5.99. The van der Waals surface area contributed by atoms with E-state index in [4.69, 9.17) is 5.73 Å². The van der Waals surface area contributed by atoms with Crippen LogP contribution in [0.2, 0.25) is 0 Å². The lowest BCUT2D eigenvalue weighted by Crippen LogP contribution is -2.50. The van der Waals surface area contributed by atoms with Crippen molar-refractivity contribution in [3.05, 3.63) is 35.4 Å². The van der Waals surface area contributed by atoms with E-state index in [1.165, 1.54) is 12.1 Å². The molecule has 1 aromatic carbocycles. The molecule has 0 radical (unpaired) electrons. The van der Waals surface area contributed by atoms with Crippen LogP contribution in [0.25, 0.3) is 0 Å². The molecule has 2 aliphatic carbocycles. The molecule has 1 aromatic rings. The molecule has 0 atom stereocenters. The van der Waals surface area contributed by atoms with E-state index in [1.54, 1.807) is 6.07 Å². The van der Waals surface area contributed by atoms with Crippen molar-refractivity contribution in [1.29, 1.82) is 0 Å². The van der Waals surface area contributed by atoms with Gasteiger partial charge in [0.05, 0.1) is 11.0 Å². The summed E-state index contributed by atoms with van der Waals surface area (Å²) in [7, 11) is 0. The molecule has 0 bridgehead atoms. The van der Waals surface area contributed by atoms with E-state index in [0.29, 0.717) is 18.4 Å². The molecule has 3 N–H and O–H groups in total. The van der Waals surface area contributed by atoms with E-state index in [2.05, 4.69) is 5.32 Å². The van der Waals surface area contributed by atoms with Gasteiger partial charge in [-0.1, -0.05) is 37.5 Å². The second-order valence-corrected chi connectivity index (χ2v) is 7.81. The first-order chi connectivity index (χ1) is 12.3. The maximum atomic E-state index is 13.2. The molecule has 3 nitrogen and oxygen atoms in total. The first-order valence-corrected chi connectivity index (χ1v) is 9.55. The van der Waals surface area contributed by atoms with Crippen molar-refractivity contribution < 1.29 is 18.0 Å². The van der Waals surface area contributed by atoms with Crippen LogP contribution in [0, 0.1) is 0 Å². The van der Waals surface area contributed by atoms with Crippen LogP contribution >= 0.6 is 0 Å². The Morgan fingerprint density at radius 1 is 1.08 bits per heavy atom. The second kappa shape index (κ2) is 7.59. The third kappa shape index (κ3) is 4.05. The molecule has 2 saturated carbocycles. The highest BCUT2D eigenvalue weighted by atomic mass is 19.4. The third-order valence-corrected chi connectivity index (χ3v) is 5.99. The molecule has 2 aliphatic rings. The van der Waals surface area contributed by atoms with Crippen molar-refractivity contribution in [1.82, 2.24) is 5.32 Å². The first-order valence-electron chi connectivity index (χ1n) is 9.55. The predicted molar refractivity (Wildman–Crippen MR) is 94.6 cm³/mol. The zero-order chi connectivity index (χ0) is 18.8. The van der Waals surface area contributed by atoms with Gasteiger partial charge in [0, 0.05) is 12.1 Å². The summed E-state index contributed by atoms with van der Waals surface area (Å²) in [5.74, 6) is -0.114. The fourth-order valence-corrected chi connectivity index (χ4v) is 4.38. The fraction of sp³-hybridized carbons (Fsp3) is 0.650. The molecular weight excluding hydrogens is 341 g/mol. The lowest BCUT2D eigenvalue weighted by atomic mass is 9.68. The second-order valence-electron chi connectivity index (χ2n) is 7.81. The highest BCUT2D eigenvalue weighted by Gasteiger charge is 2.43. The fourth-order valence-electron chi connectivity index (χ4n) is 4.38. The van der Waals surface area contributed by atoms with Crippen LogP contribution in [-0.4, -0.2) is 18.0 Å². The van der Waals surface area contributed by atoms with Gasteiger partial charge < -0.3 is 11.1 Å². The van der Waals surface area contributed by atoms with E-state index in [9.17, 15) is 18.0 Å². The molecule has 0 aliphatic heterocycles.